The number of hydrogen-bond acceptors (Lipinski definition) is 7. The zero-order valence-electron chi connectivity index (χ0n) is 21.0. The number of halogens is 1. The third-order valence-electron chi connectivity index (χ3n) is 6.33. The number of rotatable bonds is 2. The number of anilines is 1. The van der Waals surface area contributed by atoms with Crippen LogP contribution in [0.5, 0.6) is 0 Å². The number of carbonyl (C=O) groups is 1. The highest BCUT2D eigenvalue weighted by Crippen LogP contribution is 2.28. The minimum atomic E-state index is -1.35. The average Bonchev–Trinajstić information content (AvgIpc) is 3.16. The first-order valence-corrected chi connectivity index (χ1v) is 11.8. The summed E-state index contributed by atoms with van der Waals surface area (Å²) >= 11 is 0. The van der Waals surface area contributed by atoms with E-state index in [1.807, 2.05) is 39.8 Å². The molecule has 2 unspecified atom stereocenters. The number of nitrogens with two attached hydrogens (primary N) is 1. The Morgan fingerprint density at radius 1 is 1.22 bits per heavy atom. The van der Waals surface area contributed by atoms with Crippen LogP contribution in [0.4, 0.5) is 10.2 Å². The lowest BCUT2D eigenvalue weighted by molar-refractivity contribution is 0.0694. The van der Waals surface area contributed by atoms with Crippen LogP contribution in [0.1, 0.15) is 38.1 Å². The molecule has 2 atom stereocenters. The smallest absolute Gasteiger partial charge is 0.341 e. The molecular formula is C26H29FN6O4. The maximum Gasteiger partial charge on any atom is 0.341 e. The molecule has 5 rings (SSSR count). The van der Waals surface area contributed by atoms with Crippen molar-refractivity contribution in [3.63, 3.8) is 0 Å². The lowest BCUT2D eigenvalue weighted by atomic mass is 10.1. The first-order valence-electron chi connectivity index (χ1n) is 11.8. The van der Waals surface area contributed by atoms with E-state index in [1.54, 1.807) is 21.7 Å². The number of fused-ring (bicyclic) bond motifs is 2. The Bertz CT molecular complexity index is 1600. The van der Waals surface area contributed by atoms with Gasteiger partial charge in [-0.25, -0.2) is 19.2 Å². The van der Waals surface area contributed by atoms with Crippen LogP contribution in [0.2, 0.25) is 0 Å². The third kappa shape index (κ3) is 5.21. The topological polar surface area (TPSA) is 147 Å². The summed E-state index contributed by atoms with van der Waals surface area (Å²) < 4.78 is 16.3. The number of nitrogens with one attached hydrogen (secondary N) is 1. The fourth-order valence-corrected chi connectivity index (χ4v) is 4.25. The molecule has 0 spiro atoms. The molecule has 194 valence electrons. The summed E-state index contributed by atoms with van der Waals surface area (Å²) in [5.41, 5.74) is 5.13. The maximum atomic E-state index is 14.7. The number of nitrogens with zero attached hydrogens (tertiary/aromatic N) is 4. The number of aromatic nitrogens is 4. The highest BCUT2D eigenvalue weighted by molar-refractivity contribution is 5.92. The fourth-order valence-electron chi connectivity index (χ4n) is 4.25. The summed E-state index contributed by atoms with van der Waals surface area (Å²) in [4.78, 5) is 47.5. The van der Waals surface area contributed by atoms with Crippen molar-refractivity contribution in [2.45, 2.75) is 39.3 Å². The molecule has 0 bridgehead atoms. The summed E-state index contributed by atoms with van der Waals surface area (Å²) in [7, 11) is 0. The third-order valence-corrected chi connectivity index (χ3v) is 6.33. The molecule has 0 saturated carbocycles. The van der Waals surface area contributed by atoms with Crippen molar-refractivity contribution in [3.8, 4) is 0 Å². The van der Waals surface area contributed by atoms with Crippen molar-refractivity contribution >= 4 is 33.9 Å². The number of H-pyrrole nitrogens is 1. The molecule has 0 radical (unpaired) electrons. The highest BCUT2D eigenvalue weighted by atomic mass is 19.1. The molecule has 1 aliphatic heterocycles. The van der Waals surface area contributed by atoms with Crippen molar-refractivity contribution < 1.29 is 14.3 Å². The van der Waals surface area contributed by atoms with E-state index in [0.717, 1.165) is 11.5 Å². The molecule has 11 heteroatoms. The predicted molar refractivity (Wildman–Crippen MR) is 140 cm³/mol. The van der Waals surface area contributed by atoms with Crippen LogP contribution in [0.25, 0.3) is 22.1 Å². The number of aromatic carboxylic acids is 1. The SMILES string of the molecule is CC1CN(c2nc3c(cc2F)c(=O)c(C(=O)O)cn3C(C)(C)C)CC1N.O=c1ccc2cccnc2[nH]1. The van der Waals surface area contributed by atoms with Gasteiger partial charge in [0.1, 0.15) is 16.9 Å². The number of aromatic amines is 1. The fraction of sp³-hybridized carbons (Fsp3) is 0.346. The van der Waals surface area contributed by atoms with Crippen molar-refractivity contribution in [2.75, 3.05) is 18.0 Å². The van der Waals surface area contributed by atoms with Gasteiger partial charge in [0.15, 0.2) is 11.6 Å². The summed E-state index contributed by atoms with van der Waals surface area (Å²) in [5, 5.41) is 10.2. The number of carboxylic acids is 1. The molecule has 37 heavy (non-hydrogen) atoms. The van der Waals surface area contributed by atoms with E-state index in [2.05, 4.69) is 15.0 Å². The Balaban J connectivity index is 0.000000241. The minimum Gasteiger partial charge on any atom is -0.477 e. The minimum absolute atomic E-state index is 0.0439. The lowest BCUT2D eigenvalue weighted by Crippen LogP contribution is -2.31. The van der Waals surface area contributed by atoms with Gasteiger partial charge in [-0.1, -0.05) is 6.92 Å². The first kappa shape index (κ1) is 26.0. The second kappa shape index (κ2) is 9.74. The maximum absolute atomic E-state index is 14.7. The molecule has 1 aliphatic rings. The second-order valence-corrected chi connectivity index (χ2v) is 10.2. The molecule has 0 amide bonds. The van der Waals surface area contributed by atoms with E-state index in [9.17, 15) is 23.9 Å². The second-order valence-electron chi connectivity index (χ2n) is 10.2. The molecule has 4 N–H and O–H groups in total. The number of pyridine rings is 4. The van der Waals surface area contributed by atoms with E-state index in [4.69, 9.17) is 5.73 Å². The molecule has 4 aromatic rings. The Labute approximate surface area is 211 Å². The van der Waals surface area contributed by atoms with Crippen molar-refractivity contribution in [2.24, 2.45) is 11.7 Å². The number of carboxylic acid groups (broad SMARTS) is 1. The van der Waals surface area contributed by atoms with Gasteiger partial charge in [0, 0.05) is 48.5 Å². The normalized spacial score (nSPS) is 17.6. The van der Waals surface area contributed by atoms with Crippen LogP contribution >= 0.6 is 0 Å². The molecule has 1 saturated heterocycles. The highest BCUT2D eigenvalue weighted by Gasteiger charge is 2.31. The van der Waals surface area contributed by atoms with Crippen molar-refractivity contribution in [3.05, 3.63) is 74.7 Å². The molecule has 4 aromatic heterocycles. The molecule has 0 aliphatic carbocycles. The zero-order chi connectivity index (χ0) is 27.1. The summed E-state index contributed by atoms with van der Waals surface area (Å²) in [6.45, 7) is 8.63. The molecule has 1 fully saturated rings. The van der Waals surface area contributed by atoms with E-state index >= 15 is 0 Å². The zero-order valence-corrected chi connectivity index (χ0v) is 21.0. The van der Waals surface area contributed by atoms with Gasteiger partial charge in [0.25, 0.3) is 0 Å². The number of hydrogen-bond donors (Lipinski definition) is 3. The molecular weight excluding hydrogens is 479 g/mol. The summed E-state index contributed by atoms with van der Waals surface area (Å²) in [6, 6.07) is 7.99. The quantitative estimate of drug-likeness (QED) is 0.374. The van der Waals surface area contributed by atoms with Gasteiger partial charge in [-0.05, 0) is 51.0 Å². The van der Waals surface area contributed by atoms with Gasteiger partial charge in [-0.3, -0.25) is 9.59 Å². The average molecular weight is 509 g/mol. The predicted octanol–water partition coefficient (Wildman–Crippen LogP) is 2.70. The van der Waals surface area contributed by atoms with Crippen LogP contribution in [0.3, 0.4) is 0 Å². The van der Waals surface area contributed by atoms with E-state index in [0.29, 0.717) is 18.7 Å². The lowest BCUT2D eigenvalue weighted by Gasteiger charge is -2.26. The monoisotopic (exact) mass is 508 g/mol. The summed E-state index contributed by atoms with van der Waals surface area (Å²) in [5.74, 6) is -1.67. The Kier molecular flexibility index (Phi) is 6.83. The largest absolute Gasteiger partial charge is 0.477 e. The van der Waals surface area contributed by atoms with Gasteiger partial charge < -0.3 is 25.3 Å². The standard InChI is InChI=1S/C18H23FN4O3.C8H6N2O/c1-9-6-22(8-13(9)20)16-12(19)5-10-14(24)11(17(25)26)7-23(15(10)21-16)18(2,3)4;11-7-4-3-6-2-1-5-9-8(6)10-7/h5,7,9,13H,6,8,20H2,1-4H3,(H,25,26);1-5H,(H,9,10,11). The van der Waals surface area contributed by atoms with Crippen molar-refractivity contribution in [1.29, 1.82) is 0 Å². The van der Waals surface area contributed by atoms with Crippen LogP contribution in [0, 0.1) is 11.7 Å². The van der Waals surface area contributed by atoms with Gasteiger partial charge >= 0.3 is 5.97 Å². The van der Waals surface area contributed by atoms with E-state index in [-0.39, 0.29) is 34.4 Å². The molecule has 5 heterocycles. The van der Waals surface area contributed by atoms with Crippen molar-refractivity contribution in [1.82, 2.24) is 19.5 Å². The Morgan fingerprint density at radius 3 is 2.57 bits per heavy atom. The van der Waals surface area contributed by atoms with E-state index < -0.39 is 28.3 Å². The van der Waals surface area contributed by atoms with Crippen LogP contribution in [-0.4, -0.2) is 49.7 Å². The Morgan fingerprint density at radius 2 is 1.95 bits per heavy atom. The van der Waals surface area contributed by atoms with E-state index in [1.165, 1.54) is 12.3 Å². The van der Waals surface area contributed by atoms with Gasteiger partial charge in [-0.15, -0.1) is 0 Å². The molecule has 0 aromatic carbocycles. The van der Waals surface area contributed by atoms with Gasteiger partial charge in [0.2, 0.25) is 11.0 Å². The molecule has 10 nitrogen and oxygen atoms in total. The van der Waals surface area contributed by atoms with Gasteiger partial charge in [0.05, 0.1) is 5.39 Å². The first-order chi connectivity index (χ1) is 17.4. The Hall–Kier alpha value is -4.12. The summed E-state index contributed by atoms with van der Waals surface area (Å²) in [6.07, 6.45) is 2.93. The van der Waals surface area contributed by atoms with Crippen LogP contribution in [-0.2, 0) is 5.54 Å². The van der Waals surface area contributed by atoms with Crippen LogP contribution in [0.15, 0.2) is 52.3 Å². The van der Waals surface area contributed by atoms with Crippen LogP contribution < -0.4 is 21.6 Å². The van der Waals surface area contributed by atoms with Gasteiger partial charge in [-0.2, -0.15) is 0 Å².